The second-order valence-corrected chi connectivity index (χ2v) is 5.11. The van der Waals surface area contributed by atoms with Crippen LogP contribution in [-0.2, 0) is 5.41 Å². The van der Waals surface area contributed by atoms with E-state index in [0.29, 0.717) is 11.3 Å². The zero-order valence-electron chi connectivity index (χ0n) is 10.8. The lowest BCUT2D eigenvalue weighted by Crippen LogP contribution is -2.22. The van der Waals surface area contributed by atoms with Crippen molar-refractivity contribution in [3.05, 3.63) is 35.5 Å². The van der Waals surface area contributed by atoms with E-state index in [2.05, 4.69) is 20.4 Å². The summed E-state index contributed by atoms with van der Waals surface area (Å²) in [6.07, 6.45) is 0. The quantitative estimate of drug-likeness (QED) is 0.596. The number of nitrogens with zero attached hydrogens (tertiary/aromatic N) is 1. The number of hydrogen-bond acceptors (Lipinski definition) is 3. The molecular formula is C14H18N2O. The first kappa shape index (κ1) is 11.7. The number of fused-ring (bicyclic) bond motifs is 1. The zero-order valence-corrected chi connectivity index (χ0v) is 10.8. The fourth-order valence-electron chi connectivity index (χ4n) is 2.56. The first-order valence-corrected chi connectivity index (χ1v) is 5.65. The summed E-state index contributed by atoms with van der Waals surface area (Å²) in [5, 5.41) is 0. The molecule has 0 aliphatic carbocycles. The van der Waals surface area contributed by atoms with Gasteiger partial charge in [-0.2, -0.15) is 0 Å². The van der Waals surface area contributed by atoms with Crippen molar-refractivity contribution in [2.24, 2.45) is 0 Å². The van der Waals surface area contributed by atoms with Crippen molar-refractivity contribution in [1.82, 2.24) is 0 Å². The molecule has 1 aromatic rings. The number of carbonyl (C=O) groups is 1. The number of benzene rings is 1. The van der Waals surface area contributed by atoms with Crippen molar-refractivity contribution in [3.63, 3.8) is 0 Å². The van der Waals surface area contributed by atoms with Crippen molar-refractivity contribution in [3.8, 4) is 0 Å². The summed E-state index contributed by atoms with van der Waals surface area (Å²) < 4.78 is 0. The van der Waals surface area contributed by atoms with E-state index in [1.165, 1.54) is 0 Å². The molecule has 0 unspecified atom stereocenters. The van der Waals surface area contributed by atoms with Crippen molar-refractivity contribution in [2.45, 2.75) is 26.2 Å². The van der Waals surface area contributed by atoms with Crippen LogP contribution in [0, 0.1) is 0 Å². The van der Waals surface area contributed by atoms with Gasteiger partial charge in [0.25, 0.3) is 0 Å². The second-order valence-electron chi connectivity index (χ2n) is 5.11. The summed E-state index contributed by atoms with van der Waals surface area (Å²) in [7, 11) is 1.97. The summed E-state index contributed by atoms with van der Waals surface area (Å²) >= 11 is 0. The number of Topliss-reactive ketones (excluding diaryl/α,β-unsaturated/α-hetero) is 1. The molecule has 0 saturated carbocycles. The van der Waals surface area contributed by atoms with E-state index in [9.17, 15) is 4.79 Å². The highest BCUT2D eigenvalue weighted by molar-refractivity contribution is 6.01. The van der Waals surface area contributed by atoms with Crippen LogP contribution < -0.4 is 10.6 Å². The monoisotopic (exact) mass is 230 g/mol. The molecule has 0 saturated heterocycles. The van der Waals surface area contributed by atoms with Crippen LogP contribution in [-0.4, -0.2) is 12.8 Å². The van der Waals surface area contributed by atoms with E-state index < -0.39 is 0 Å². The third-order valence-electron chi connectivity index (χ3n) is 3.72. The van der Waals surface area contributed by atoms with E-state index in [4.69, 9.17) is 5.73 Å². The third kappa shape index (κ3) is 1.38. The van der Waals surface area contributed by atoms with Crippen LogP contribution in [0.3, 0.4) is 0 Å². The van der Waals surface area contributed by atoms with Gasteiger partial charge in [-0.25, -0.2) is 0 Å². The van der Waals surface area contributed by atoms with Crippen LogP contribution in [0.1, 0.15) is 36.7 Å². The lowest BCUT2D eigenvalue weighted by molar-refractivity contribution is 0.101. The molecule has 0 fully saturated rings. The van der Waals surface area contributed by atoms with Gasteiger partial charge in [-0.1, -0.05) is 20.4 Å². The lowest BCUT2D eigenvalue weighted by atomic mass is 9.82. The highest BCUT2D eigenvalue weighted by atomic mass is 16.1. The predicted octanol–water partition coefficient (Wildman–Crippen LogP) is 2.71. The van der Waals surface area contributed by atoms with Crippen molar-refractivity contribution in [1.29, 1.82) is 0 Å². The summed E-state index contributed by atoms with van der Waals surface area (Å²) in [5.41, 5.74) is 10.2. The van der Waals surface area contributed by atoms with Crippen LogP contribution in [0.2, 0.25) is 0 Å². The molecule has 0 atom stereocenters. The van der Waals surface area contributed by atoms with Gasteiger partial charge < -0.3 is 10.6 Å². The van der Waals surface area contributed by atoms with Crippen molar-refractivity contribution < 1.29 is 4.79 Å². The fraction of sp³-hybridized carbons (Fsp3) is 0.357. The van der Waals surface area contributed by atoms with E-state index >= 15 is 0 Å². The summed E-state index contributed by atoms with van der Waals surface area (Å²) in [6.45, 7) is 9.81. The summed E-state index contributed by atoms with van der Waals surface area (Å²) in [5.74, 6) is 0.00117. The molecule has 0 amide bonds. The smallest absolute Gasteiger partial charge is 0.161 e. The van der Waals surface area contributed by atoms with Gasteiger partial charge in [0, 0.05) is 40.7 Å². The Kier molecular flexibility index (Phi) is 2.31. The fourth-order valence-corrected chi connectivity index (χ4v) is 2.56. The Morgan fingerprint density at radius 3 is 2.53 bits per heavy atom. The van der Waals surface area contributed by atoms with Crippen LogP contribution >= 0.6 is 0 Å². The topological polar surface area (TPSA) is 46.3 Å². The Labute approximate surface area is 102 Å². The molecule has 0 bridgehead atoms. The number of carbonyl (C=O) groups excluding carboxylic acids is 1. The second kappa shape index (κ2) is 3.36. The van der Waals surface area contributed by atoms with Crippen molar-refractivity contribution >= 4 is 17.2 Å². The van der Waals surface area contributed by atoms with E-state index in [1.54, 1.807) is 13.0 Å². The number of likely N-dealkylation sites (N-methyl/N-ethyl adjacent to an activating group) is 1. The summed E-state index contributed by atoms with van der Waals surface area (Å²) in [4.78, 5) is 13.6. The molecule has 0 spiro atoms. The van der Waals surface area contributed by atoms with E-state index in [0.717, 1.165) is 16.9 Å². The molecule has 17 heavy (non-hydrogen) atoms. The van der Waals surface area contributed by atoms with E-state index in [-0.39, 0.29) is 11.2 Å². The molecule has 3 nitrogen and oxygen atoms in total. The maximum absolute atomic E-state index is 11.5. The number of allylic oxidation sites excluding steroid dienone is 1. The number of hydrogen-bond donors (Lipinski definition) is 1. The van der Waals surface area contributed by atoms with Gasteiger partial charge >= 0.3 is 0 Å². The third-order valence-corrected chi connectivity index (χ3v) is 3.72. The molecule has 1 aliphatic heterocycles. The first-order chi connectivity index (χ1) is 7.78. The molecular weight excluding hydrogens is 212 g/mol. The average molecular weight is 230 g/mol. The maximum Gasteiger partial charge on any atom is 0.161 e. The van der Waals surface area contributed by atoms with Gasteiger partial charge in [0.15, 0.2) is 5.78 Å². The van der Waals surface area contributed by atoms with Crippen LogP contribution in [0.15, 0.2) is 24.4 Å². The standard InChI is InChI=1S/C14H18N2O/c1-8(17)10-6-7-11-12(13(10)15)14(3,4)9(2)16(11)5/h6-7H,2,15H2,1,3-5H3. The van der Waals surface area contributed by atoms with Crippen LogP contribution in [0.4, 0.5) is 11.4 Å². The van der Waals surface area contributed by atoms with Crippen LogP contribution in [0.25, 0.3) is 0 Å². The van der Waals surface area contributed by atoms with Gasteiger partial charge in [-0.05, 0) is 19.1 Å². The highest BCUT2D eigenvalue weighted by Crippen LogP contribution is 2.49. The minimum atomic E-state index is -0.223. The number of ketones is 1. The van der Waals surface area contributed by atoms with Gasteiger partial charge in [0.2, 0.25) is 0 Å². The Morgan fingerprint density at radius 1 is 1.41 bits per heavy atom. The number of nitrogens with two attached hydrogens (primary N) is 1. The predicted molar refractivity (Wildman–Crippen MR) is 71.4 cm³/mol. The number of nitrogen functional groups attached to an aromatic ring is 1. The summed E-state index contributed by atoms with van der Waals surface area (Å²) in [6, 6.07) is 3.74. The molecule has 3 heteroatoms. The zero-order chi connectivity index (χ0) is 13.0. The Bertz CT molecular complexity index is 529. The minimum Gasteiger partial charge on any atom is -0.398 e. The van der Waals surface area contributed by atoms with Gasteiger partial charge in [-0.15, -0.1) is 0 Å². The van der Waals surface area contributed by atoms with Gasteiger partial charge in [0.1, 0.15) is 0 Å². The van der Waals surface area contributed by atoms with E-state index in [1.807, 2.05) is 18.0 Å². The maximum atomic E-state index is 11.5. The Hall–Kier alpha value is -1.77. The molecule has 0 aromatic heterocycles. The number of anilines is 2. The van der Waals surface area contributed by atoms with Gasteiger partial charge in [0.05, 0.1) is 0 Å². The first-order valence-electron chi connectivity index (χ1n) is 5.65. The average Bonchev–Trinajstić information content (AvgIpc) is 2.41. The molecule has 90 valence electrons. The normalized spacial score (nSPS) is 17.2. The largest absolute Gasteiger partial charge is 0.398 e. The molecule has 2 N–H and O–H groups in total. The SMILES string of the molecule is C=C1N(C)c2ccc(C(C)=O)c(N)c2C1(C)C. The molecule has 1 heterocycles. The minimum absolute atomic E-state index is 0.00117. The highest BCUT2D eigenvalue weighted by Gasteiger charge is 2.39. The Balaban J connectivity index is 2.78. The molecule has 0 radical (unpaired) electrons. The van der Waals surface area contributed by atoms with Crippen LogP contribution in [0.5, 0.6) is 0 Å². The molecule has 1 aromatic carbocycles. The molecule has 1 aliphatic rings. The van der Waals surface area contributed by atoms with Crippen molar-refractivity contribution in [2.75, 3.05) is 17.7 Å². The Morgan fingerprint density at radius 2 is 2.00 bits per heavy atom. The lowest BCUT2D eigenvalue weighted by Gasteiger charge is -2.23. The van der Waals surface area contributed by atoms with Gasteiger partial charge in [-0.3, -0.25) is 4.79 Å². The number of rotatable bonds is 1. The molecule has 2 rings (SSSR count).